The minimum absolute atomic E-state index is 0.0504. The summed E-state index contributed by atoms with van der Waals surface area (Å²) in [6.45, 7) is 5.18. The van der Waals surface area contributed by atoms with E-state index >= 15 is 0 Å². The molecular weight excluding hydrogens is 312 g/mol. The molecular formula is C12H24N4O3S2. The minimum atomic E-state index is -3.63. The first kappa shape index (κ1) is 18.1. The Hall–Kier alpha value is -0.900. The van der Waals surface area contributed by atoms with Crippen molar-refractivity contribution in [2.24, 2.45) is 0 Å². The van der Waals surface area contributed by atoms with Crippen LogP contribution >= 0.6 is 11.5 Å². The summed E-state index contributed by atoms with van der Waals surface area (Å²) >= 11 is 1.11. The summed E-state index contributed by atoms with van der Waals surface area (Å²) in [5, 5.41) is 0.576. The van der Waals surface area contributed by atoms with Crippen molar-refractivity contribution in [2.45, 2.75) is 31.2 Å². The van der Waals surface area contributed by atoms with Crippen LogP contribution in [0.5, 0.6) is 0 Å². The number of hydrogen-bond acceptors (Lipinski definition) is 7. The van der Waals surface area contributed by atoms with Crippen molar-refractivity contribution in [2.75, 3.05) is 45.0 Å². The van der Waals surface area contributed by atoms with Crippen LogP contribution in [-0.2, 0) is 14.8 Å². The number of hydrogen-bond donors (Lipinski definition) is 1. The molecule has 0 radical (unpaired) electrons. The molecule has 1 rings (SSSR count). The molecule has 1 heterocycles. The molecule has 1 aromatic rings. The average molecular weight is 336 g/mol. The first-order valence-corrected chi connectivity index (χ1v) is 8.91. The number of rotatable bonds is 8. The van der Waals surface area contributed by atoms with Crippen molar-refractivity contribution in [1.29, 1.82) is 0 Å². The normalized spacial score (nSPS) is 13.6. The fourth-order valence-electron chi connectivity index (χ4n) is 1.82. The van der Waals surface area contributed by atoms with E-state index in [2.05, 4.69) is 11.3 Å². The fraction of sp³-hybridized carbons (Fsp3) is 0.750. The third-order valence-corrected chi connectivity index (χ3v) is 6.22. The van der Waals surface area contributed by atoms with Crippen molar-refractivity contribution in [1.82, 2.24) is 8.68 Å². The summed E-state index contributed by atoms with van der Waals surface area (Å²) in [6.07, 6.45) is 0.878. The molecule has 0 bridgehead atoms. The number of nitrogen functional groups attached to an aromatic ring is 1. The zero-order valence-electron chi connectivity index (χ0n) is 13.2. The molecule has 1 atom stereocenters. The lowest BCUT2D eigenvalue weighted by Gasteiger charge is -2.30. The second kappa shape index (κ2) is 7.39. The Bertz CT molecular complexity index is 557. The second-order valence-electron chi connectivity index (χ2n) is 4.93. The van der Waals surface area contributed by atoms with Gasteiger partial charge in [-0.05, 0) is 24.9 Å². The molecule has 9 heteroatoms. The highest BCUT2D eigenvalue weighted by molar-refractivity contribution is 7.89. The van der Waals surface area contributed by atoms with E-state index in [1.54, 1.807) is 7.11 Å². The summed E-state index contributed by atoms with van der Waals surface area (Å²) in [5.74, 6) is 0.0504. The highest BCUT2D eigenvalue weighted by atomic mass is 32.2. The van der Waals surface area contributed by atoms with Crippen LogP contribution in [0.25, 0.3) is 0 Å². The zero-order chi connectivity index (χ0) is 16.2. The van der Waals surface area contributed by atoms with E-state index in [1.807, 2.05) is 11.8 Å². The van der Waals surface area contributed by atoms with E-state index in [-0.39, 0.29) is 16.8 Å². The van der Waals surface area contributed by atoms with Gasteiger partial charge in [-0.2, -0.15) is 4.37 Å². The summed E-state index contributed by atoms with van der Waals surface area (Å²) in [5.41, 5.74) is 5.81. The maximum absolute atomic E-state index is 12.5. The van der Waals surface area contributed by atoms with Gasteiger partial charge in [0.05, 0.1) is 6.61 Å². The summed E-state index contributed by atoms with van der Waals surface area (Å²) in [6, 6.07) is 0.163. The highest BCUT2D eigenvalue weighted by Gasteiger charge is 2.31. The third-order valence-electron chi connectivity index (χ3n) is 3.32. The van der Waals surface area contributed by atoms with E-state index in [4.69, 9.17) is 10.5 Å². The molecule has 21 heavy (non-hydrogen) atoms. The van der Waals surface area contributed by atoms with Gasteiger partial charge in [-0.1, -0.05) is 6.92 Å². The Balaban J connectivity index is 3.34. The second-order valence-corrected chi connectivity index (χ2v) is 7.77. The Morgan fingerprint density at radius 3 is 2.52 bits per heavy atom. The molecule has 0 saturated heterocycles. The zero-order valence-corrected chi connectivity index (χ0v) is 14.8. The van der Waals surface area contributed by atoms with Crippen LogP contribution in [0.4, 0.5) is 10.8 Å². The molecule has 0 amide bonds. The van der Waals surface area contributed by atoms with Crippen LogP contribution in [0, 0.1) is 0 Å². The lowest BCUT2D eigenvalue weighted by molar-refractivity contribution is 0.203. The van der Waals surface area contributed by atoms with Gasteiger partial charge in [0.15, 0.2) is 10.7 Å². The molecule has 7 nitrogen and oxygen atoms in total. The van der Waals surface area contributed by atoms with Gasteiger partial charge in [0, 0.05) is 33.8 Å². The molecule has 0 fully saturated rings. The Morgan fingerprint density at radius 2 is 2.05 bits per heavy atom. The van der Waals surface area contributed by atoms with Crippen molar-refractivity contribution < 1.29 is 13.2 Å². The van der Waals surface area contributed by atoms with Crippen LogP contribution in [0.15, 0.2) is 4.90 Å². The number of nitrogens with two attached hydrogens (primary N) is 1. The van der Waals surface area contributed by atoms with E-state index in [0.717, 1.165) is 22.3 Å². The molecule has 0 aliphatic carbocycles. The van der Waals surface area contributed by atoms with Gasteiger partial charge >= 0.3 is 0 Å². The van der Waals surface area contributed by atoms with Crippen LogP contribution in [0.1, 0.15) is 20.3 Å². The molecule has 0 spiro atoms. The Morgan fingerprint density at radius 1 is 1.43 bits per heavy atom. The van der Waals surface area contributed by atoms with E-state index in [9.17, 15) is 8.42 Å². The summed E-state index contributed by atoms with van der Waals surface area (Å²) in [7, 11) is 0.956. The quantitative estimate of drug-likeness (QED) is 0.768. The van der Waals surface area contributed by atoms with Crippen LogP contribution in [-0.4, -0.2) is 57.5 Å². The molecule has 1 unspecified atom stereocenters. The predicted molar refractivity (Wildman–Crippen MR) is 86.4 cm³/mol. The van der Waals surface area contributed by atoms with Gasteiger partial charge in [-0.25, -0.2) is 12.7 Å². The lowest BCUT2D eigenvalue weighted by atomic mass is 10.2. The maximum Gasteiger partial charge on any atom is 0.249 e. The molecule has 0 aliphatic rings. The third kappa shape index (κ3) is 3.85. The number of methoxy groups -OCH3 is 1. The Kier molecular flexibility index (Phi) is 6.39. The van der Waals surface area contributed by atoms with Gasteiger partial charge in [0.1, 0.15) is 5.00 Å². The SMILES string of the molecule is CCC(C)N(CCOC)c1snc(N)c1S(=O)(=O)N(C)C. The standard InChI is InChI=1S/C12H24N4O3S2/c1-6-9(2)16(7-8-19-5)12-10(11(13)14-20-12)21(17,18)15(3)4/h9H,6-8H2,1-5H3,(H2,13,14). The van der Waals surface area contributed by atoms with Crippen LogP contribution < -0.4 is 10.6 Å². The minimum Gasteiger partial charge on any atom is -0.383 e. The molecule has 0 aliphatic heterocycles. The van der Waals surface area contributed by atoms with E-state index in [0.29, 0.717) is 18.2 Å². The predicted octanol–water partition coefficient (Wildman–Crippen LogP) is 1.23. The van der Waals surface area contributed by atoms with Crippen LogP contribution in [0.3, 0.4) is 0 Å². The average Bonchev–Trinajstić information content (AvgIpc) is 2.81. The molecule has 1 aromatic heterocycles. The van der Waals surface area contributed by atoms with Gasteiger partial charge < -0.3 is 15.4 Å². The van der Waals surface area contributed by atoms with Gasteiger partial charge in [-0.15, -0.1) is 0 Å². The highest BCUT2D eigenvalue weighted by Crippen LogP contribution is 2.37. The number of aromatic nitrogens is 1. The fourth-order valence-corrected chi connectivity index (χ4v) is 4.16. The largest absolute Gasteiger partial charge is 0.383 e. The first-order chi connectivity index (χ1) is 9.77. The van der Waals surface area contributed by atoms with Gasteiger partial charge in [0.25, 0.3) is 0 Å². The number of anilines is 2. The van der Waals surface area contributed by atoms with Crippen molar-refractivity contribution in [3.63, 3.8) is 0 Å². The van der Waals surface area contributed by atoms with Crippen molar-refractivity contribution in [3.8, 4) is 0 Å². The van der Waals surface area contributed by atoms with E-state index < -0.39 is 10.0 Å². The Labute approximate surface area is 130 Å². The van der Waals surface area contributed by atoms with Gasteiger partial charge in [-0.3, -0.25) is 0 Å². The topological polar surface area (TPSA) is 88.8 Å². The first-order valence-electron chi connectivity index (χ1n) is 6.70. The molecule has 0 aromatic carbocycles. The molecule has 122 valence electrons. The maximum atomic E-state index is 12.5. The lowest BCUT2D eigenvalue weighted by Crippen LogP contribution is -2.36. The monoisotopic (exact) mass is 336 g/mol. The number of sulfonamides is 1. The van der Waals surface area contributed by atoms with Crippen molar-refractivity contribution >= 4 is 32.4 Å². The number of ether oxygens (including phenoxy) is 1. The van der Waals surface area contributed by atoms with Crippen molar-refractivity contribution in [3.05, 3.63) is 0 Å². The molecule has 2 N–H and O–H groups in total. The number of nitrogens with zero attached hydrogens (tertiary/aromatic N) is 3. The molecule has 0 saturated carbocycles. The van der Waals surface area contributed by atoms with E-state index in [1.165, 1.54) is 14.1 Å². The summed E-state index contributed by atoms with van der Waals surface area (Å²) in [4.78, 5) is 2.09. The van der Waals surface area contributed by atoms with Crippen LogP contribution in [0.2, 0.25) is 0 Å². The smallest absolute Gasteiger partial charge is 0.249 e. The summed E-state index contributed by atoms with van der Waals surface area (Å²) < 4.78 is 35.3. The van der Waals surface area contributed by atoms with Gasteiger partial charge in [0.2, 0.25) is 10.0 Å².